The van der Waals surface area contributed by atoms with Crippen molar-refractivity contribution in [3.05, 3.63) is 106 Å². The molecule has 0 spiro atoms. The lowest BCUT2D eigenvalue weighted by Crippen LogP contribution is -1.99. The van der Waals surface area contributed by atoms with Crippen molar-refractivity contribution >= 4 is 15.9 Å². The summed E-state index contributed by atoms with van der Waals surface area (Å²) in [4.78, 5) is 0. The molecule has 110 valence electrons. The molecule has 3 aromatic rings. The molecule has 22 heavy (non-hydrogen) atoms. The molecule has 3 rings (SSSR count). The van der Waals surface area contributed by atoms with Gasteiger partial charge in [-0.15, -0.1) is 0 Å². The van der Waals surface area contributed by atoms with Crippen LogP contribution < -0.4 is 0 Å². The average molecular weight is 353 g/mol. The number of hydrogen-bond acceptors (Lipinski definition) is 1. The molecule has 1 nitrogen and oxygen atoms in total. The highest BCUT2D eigenvalue weighted by Crippen LogP contribution is 2.24. The smallest absolute Gasteiger partial charge is 0.104 e. The summed E-state index contributed by atoms with van der Waals surface area (Å²) in [6, 6.07) is 26.4. The molecule has 0 aliphatic heterocycles. The SMILES string of the molecule is OC(c1ccc(Br)cc1)c1ccc(Cc2ccccc2)cc1. The Labute approximate surface area is 139 Å². The molecule has 0 aromatic heterocycles. The van der Waals surface area contributed by atoms with Crippen molar-refractivity contribution in [2.45, 2.75) is 12.5 Å². The first-order chi connectivity index (χ1) is 10.7. The van der Waals surface area contributed by atoms with Gasteiger partial charge in [-0.1, -0.05) is 82.7 Å². The average Bonchev–Trinajstić information content (AvgIpc) is 2.57. The minimum atomic E-state index is -0.584. The lowest BCUT2D eigenvalue weighted by molar-refractivity contribution is 0.220. The van der Waals surface area contributed by atoms with Gasteiger partial charge in [-0.25, -0.2) is 0 Å². The van der Waals surface area contributed by atoms with E-state index in [-0.39, 0.29) is 0 Å². The van der Waals surface area contributed by atoms with Crippen LogP contribution in [0.2, 0.25) is 0 Å². The quantitative estimate of drug-likeness (QED) is 0.690. The van der Waals surface area contributed by atoms with E-state index in [0.717, 1.165) is 22.0 Å². The van der Waals surface area contributed by atoms with Crippen LogP contribution in [0.1, 0.15) is 28.4 Å². The molecule has 3 aromatic carbocycles. The zero-order valence-electron chi connectivity index (χ0n) is 12.1. The first-order valence-corrected chi connectivity index (χ1v) is 8.08. The minimum Gasteiger partial charge on any atom is -0.384 e. The van der Waals surface area contributed by atoms with Crippen LogP contribution >= 0.6 is 15.9 Å². The van der Waals surface area contributed by atoms with Gasteiger partial charge in [0.1, 0.15) is 6.10 Å². The Bertz CT molecular complexity index is 718. The van der Waals surface area contributed by atoms with E-state index in [0.29, 0.717) is 0 Å². The summed E-state index contributed by atoms with van der Waals surface area (Å²) >= 11 is 3.41. The molecule has 0 saturated heterocycles. The molecular weight excluding hydrogens is 336 g/mol. The van der Waals surface area contributed by atoms with Gasteiger partial charge in [0.05, 0.1) is 0 Å². The molecule has 0 radical (unpaired) electrons. The maximum Gasteiger partial charge on any atom is 0.104 e. The first kappa shape index (κ1) is 15.0. The summed E-state index contributed by atoms with van der Waals surface area (Å²) in [6.45, 7) is 0. The van der Waals surface area contributed by atoms with Gasteiger partial charge in [0, 0.05) is 4.47 Å². The third kappa shape index (κ3) is 3.65. The molecule has 1 N–H and O–H groups in total. The van der Waals surface area contributed by atoms with Crippen LogP contribution in [0.4, 0.5) is 0 Å². The van der Waals surface area contributed by atoms with Crippen molar-refractivity contribution in [2.75, 3.05) is 0 Å². The Morgan fingerprint density at radius 1 is 0.682 bits per heavy atom. The maximum atomic E-state index is 10.4. The molecule has 0 heterocycles. The number of aliphatic hydroxyl groups is 1. The van der Waals surface area contributed by atoms with Gasteiger partial charge in [0.15, 0.2) is 0 Å². The molecule has 1 unspecified atom stereocenters. The fraction of sp³-hybridized carbons (Fsp3) is 0.100. The minimum absolute atomic E-state index is 0.584. The Kier molecular flexibility index (Phi) is 4.71. The maximum absolute atomic E-state index is 10.4. The standard InChI is InChI=1S/C20H17BrO/c21-19-12-10-18(11-13-19)20(22)17-8-6-16(7-9-17)14-15-4-2-1-3-5-15/h1-13,20,22H,14H2. The normalized spacial score (nSPS) is 12.1. The molecule has 0 saturated carbocycles. The van der Waals surface area contributed by atoms with Crippen LogP contribution in [0, 0.1) is 0 Å². The van der Waals surface area contributed by atoms with E-state index in [2.05, 4.69) is 52.3 Å². The van der Waals surface area contributed by atoms with Crippen LogP contribution in [0.3, 0.4) is 0 Å². The fourth-order valence-corrected chi connectivity index (χ4v) is 2.75. The van der Waals surface area contributed by atoms with Crippen LogP contribution in [0.5, 0.6) is 0 Å². The lowest BCUT2D eigenvalue weighted by atomic mass is 9.98. The van der Waals surface area contributed by atoms with Gasteiger partial charge < -0.3 is 5.11 Å². The van der Waals surface area contributed by atoms with Gasteiger partial charge in [0.2, 0.25) is 0 Å². The number of halogens is 1. The molecule has 0 amide bonds. The number of benzene rings is 3. The highest BCUT2D eigenvalue weighted by molar-refractivity contribution is 9.10. The third-order valence-electron chi connectivity index (χ3n) is 3.73. The second-order valence-electron chi connectivity index (χ2n) is 5.36. The van der Waals surface area contributed by atoms with E-state index in [9.17, 15) is 5.11 Å². The highest BCUT2D eigenvalue weighted by atomic mass is 79.9. The second-order valence-corrected chi connectivity index (χ2v) is 6.27. The summed E-state index contributed by atoms with van der Waals surface area (Å²) in [5.41, 5.74) is 4.36. The van der Waals surface area contributed by atoms with E-state index < -0.39 is 6.10 Å². The van der Waals surface area contributed by atoms with Gasteiger partial charge in [-0.2, -0.15) is 0 Å². The summed E-state index contributed by atoms with van der Waals surface area (Å²) in [5.74, 6) is 0. The zero-order valence-corrected chi connectivity index (χ0v) is 13.7. The second kappa shape index (κ2) is 6.91. The molecule has 0 bridgehead atoms. The van der Waals surface area contributed by atoms with Crippen molar-refractivity contribution in [3.63, 3.8) is 0 Å². The molecule has 2 heteroatoms. The number of aliphatic hydroxyl groups excluding tert-OH is 1. The van der Waals surface area contributed by atoms with Crippen molar-refractivity contribution in [2.24, 2.45) is 0 Å². The molecule has 0 aliphatic carbocycles. The largest absolute Gasteiger partial charge is 0.384 e. The Morgan fingerprint density at radius 3 is 1.77 bits per heavy atom. The van der Waals surface area contributed by atoms with Gasteiger partial charge in [-0.05, 0) is 40.8 Å². The predicted molar refractivity (Wildman–Crippen MR) is 93.9 cm³/mol. The van der Waals surface area contributed by atoms with E-state index in [1.165, 1.54) is 11.1 Å². The third-order valence-corrected chi connectivity index (χ3v) is 4.26. The highest BCUT2D eigenvalue weighted by Gasteiger charge is 2.10. The van der Waals surface area contributed by atoms with Gasteiger partial charge >= 0.3 is 0 Å². The number of hydrogen-bond donors (Lipinski definition) is 1. The van der Waals surface area contributed by atoms with Gasteiger partial charge in [0.25, 0.3) is 0 Å². The topological polar surface area (TPSA) is 20.2 Å². The Balaban J connectivity index is 1.75. The van der Waals surface area contributed by atoms with Crippen molar-refractivity contribution in [3.8, 4) is 0 Å². The van der Waals surface area contributed by atoms with E-state index in [1.807, 2.05) is 42.5 Å². The zero-order chi connectivity index (χ0) is 15.4. The summed E-state index contributed by atoms with van der Waals surface area (Å²) < 4.78 is 1.02. The van der Waals surface area contributed by atoms with Crippen LogP contribution in [-0.2, 0) is 6.42 Å². The first-order valence-electron chi connectivity index (χ1n) is 7.29. The summed E-state index contributed by atoms with van der Waals surface area (Å²) in [7, 11) is 0. The number of rotatable bonds is 4. The molecule has 1 atom stereocenters. The molecule has 0 fully saturated rings. The van der Waals surface area contributed by atoms with Crippen LogP contribution in [0.25, 0.3) is 0 Å². The van der Waals surface area contributed by atoms with E-state index >= 15 is 0 Å². The van der Waals surface area contributed by atoms with E-state index in [4.69, 9.17) is 0 Å². The molecule has 0 aliphatic rings. The van der Waals surface area contributed by atoms with Crippen LogP contribution in [0.15, 0.2) is 83.3 Å². The van der Waals surface area contributed by atoms with Crippen LogP contribution in [-0.4, -0.2) is 5.11 Å². The Morgan fingerprint density at radius 2 is 1.18 bits per heavy atom. The fourth-order valence-electron chi connectivity index (χ4n) is 2.49. The monoisotopic (exact) mass is 352 g/mol. The molecular formula is C20H17BrO. The predicted octanol–water partition coefficient (Wildman–Crippen LogP) is 5.12. The van der Waals surface area contributed by atoms with Crippen molar-refractivity contribution in [1.82, 2.24) is 0 Å². The summed E-state index contributed by atoms with van der Waals surface area (Å²) in [5, 5.41) is 10.4. The van der Waals surface area contributed by atoms with Crippen molar-refractivity contribution in [1.29, 1.82) is 0 Å². The van der Waals surface area contributed by atoms with Gasteiger partial charge in [-0.3, -0.25) is 0 Å². The Hall–Kier alpha value is -1.90. The lowest BCUT2D eigenvalue weighted by Gasteiger charge is -2.12. The van der Waals surface area contributed by atoms with Crippen molar-refractivity contribution < 1.29 is 5.11 Å². The summed E-state index contributed by atoms with van der Waals surface area (Å²) in [6.07, 6.45) is 0.328. The van der Waals surface area contributed by atoms with E-state index in [1.54, 1.807) is 0 Å².